The SMILES string of the molecule is N#CCc1cccc(C(=O)O)c1I. The highest BCUT2D eigenvalue weighted by molar-refractivity contribution is 14.1. The molecule has 0 heterocycles. The van der Waals surface area contributed by atoms with Crippen LogP contribution >= 0.6 is 22.6 Å². The number of halogens is 1. The van der Waals surface area contributed by atoms with E-state index in [1.54, 1.807) is 12.1 Å². The van der Waals surface area contributed by atoms with Crippen molar-refractivity contribution in [1.29, 1.82) is 5.26 Å². The third-order valence-electron chi connectivity index (χ3n) is 1.58. The second-order valence-corrected chi connectivity index (χ2v) is 3.50. The molecule has 0 atom stereocenters. The van der Waals surface area contributed by atoms with Crippen LogP contribution in [0.5, 0.6) is 0 Å². The molecule has 1 aromatic carbocycles. The number of carbonyl (C=O) groups is 1. The highest BCUT2D eigenvalue weighted by Crippen LogP contribution is 2.17. The molecule has 1 rings (SSSR count). The van der Waals surface area contributed by atoms with Gasteiger partial charge in [0, 0.05) is 3.57 Å². The lowest BCUT2D eigenvalue weighted by atomic mass is 10.1. The van der Waals surface area contributed by atoms with Gasteiger partial charge in [0.15, 0.2) is 0 Å². The van der Waals surface area contributed by atoms with Gasteiger partial charge in [0.2, 0.25) is 0 Å². The van der Waals surface area contributed by atoms with Gasteiger partial charge in [0.1, 0.15) is 0 Å². The molecule has 0 spiro atoms. The van der Waals surface area contributed by atoms with Gasteiger partial charge >= 0.3 is 5.97 Å². The average Bonchev–Trinajstić information content (AvgIpc) is 2.08. The van der Waals surface area contributed by atoms with E-state index in [0.717, 1.165) is 5.56 Å². The van der Waals surface area contributed by atoms with Crippen molar-refractivity contribution in [2.45, 2.75) is 6.42 Å². The van der Waals surface area contributed by atoms with Crippen molar-refractivity contribution in [2.75, 3.05) is 0 Å². The van der Waals surface area contributed by atoms with Crippen LogP contribution in [0.4, 0.5) is 0 Å². The zero-order valence-corrected chi connectivity index (χ0v) is 8.78. The average molecular weight is 287 g/mol. The Hall–Kier alpha value is -1.09. The van der Waals surface area contributed by atoms with E-state index in [1.165, 1.54) is 6.07 Å². The molecule has 66 valence electrons. The van der Waals surface area contributed by atoms with Gasteiger partial charge < -0.3 is 5.11 Å². The maximum absolute atomic E-state index is 10.7. The van der Waals surface area contributed by atoms with Gasteiger partial charge in [0.25, 0.3) is 0 Å². The number of carboxylic acids is 1. The summed E-state index contributed by atoms with van der Waals surface area (Å²) in [6.45, 7) is 0. The van der Waals surface area contributed by atoms with Crippen LogP contribution in [0.25, 0.3) is 0 Å². The van der Waals surface area contributed by atoms with E-state index in [1.807, 2.05) is 28.7 Å². The lowest BCUT2D eigenvalue weighted by Gasteiger charge is -2.02. The van der Waals surface area contributed by atoms with Crippen LogP contribution < -0.4 is 0 Å². The van der Waals surface area contributed by atoms with E-state index >= 15 is 0 Å². The van der Waals surface area contributed by atoms with Crippen LogP contribution in [-0.4, -0.2) is 11.1 Å². The minimum absolute atomic E-state index is 0.249. The van der Waals surface area contributed by atoms with Crippen molar-refractivity contribution in [3.05, 3.63) is 32.9 Å². The molecule has 4 heteroatoms. The molecule has 0 saturated heterocycles. The molecule has 0 bridgehead atoms. The van der Waals surface area contributed by atoms with Crippen LogP contribution in [0.3, 0.4) is 0 Å². The van der Waals surface area contributed by atoms with Gasteiger partial charge in [-0.15, -0.1) is 0 Å². The maximum Gasteiger partial charge on any atom is 0.336 e. The molecule has 3 nitrogen and oxygen atoms in total. The number of carboxylic acid groups (broad SMARTS) is 1. The fraction of sp³-hybridized carbons (Fsp3) is 0.111. The smallest absolute Gasteiger partial charge is 0.336 e. The Morgan fingerprint density at radius 1 is 1.62 bits per heavy atom. The molecule has 0 aromatic heterocycles. The molecule has 1 aromatic rings. The normalized spacial score (nSPS) is 9.23. The summed E-state index contributed by atoms with van der Waals surface area (Å²) < 4.78 is 0.647. The molecule has 0 amide bonds. The standard InChI is InChI=1S/C9H6INO2/c10-8-6(4-5-11)2-1-3-7(8)9(12)13/h1-3H,4H2,(H,12,13). The van der Waals surface area contributed by atoms with E-state index in [-0.39, 0.29) is 12.0 Å². The first-order valence-electron chi connectivity index (χ1n) is 3.54. The summed E-state index contributed by atoms with van der Waals surface area (Å²) in [6.07, 6.45) is 0.249. The Kier molecular flexibility index (Phi) is 3.25. The quantitative estimate of drug-likeness (QED) is 0.847. The van der Waals surface area contributed by atoms with Gasteiger partial charge in [-0.1, -0.05) is 12.1 Å². The minimum atomic E-state index is -0.954. The fourth-order valence-corrected chi connectivity index (χ4v) is 1.75. The van der Waals surface area contributed by atoms with Crippen LogP contribution in [0.1, 0.15) is 15.9 Å². The molecular weight excluding hydrogens is 281 g/mol. The van der Waals surface area contributed by atoms with Gasteiger partial charge in [-0.25, -0.2) is 4.79 Å². The summed E-state index contributed by atoms with van der Waals surface area (Å²) in [4.78, 5) is 10.7. The molecule has 0 fully saturated rings. The van der Waals surface area contributed by atoms with Crippen molar-refractivity contribution in [3.8, 4) is 6.07 Å². The van der Waals surface area contributed by atoms with E-state index in [0.29, 0.717) is 3.57 Å². The van der Waals surface area contributed by atoms with Crippen LogP contribution in [-0.2, 0) is 6.42 Å². The molecule has 13 heavy (non-hydrogen) atoms. The van der Waals surface area contributed by atoms with Gasteiger partial charge in [-0.05, 0) is 34.2 Å². The largest absolute Gasteiger partial charge is 0.478 e. The maximum atomic E-state index is 10.7. The summed E-state index contributed by atoms with van der Waals surface area (Å²) >= 11 is 1.95. The summed E-state index contributed by atoms with van der Waals surface area (Å²) in [5.41, 5.74) is 1.02. The topological polar surface area (TPSA) is 61.1 Å². The monoisotopic (exact) mass is 287 g/mol. The van der Waals surface area contributed by atoms with Gasteiger partial charge in [-0.2, -0.15) is 5.26 Å². The molecule has 0 aliphatic heterocycles. The first-order chi connectivity index (χ1) is 6.16. The molecule has 1 N–H and O–H groups in total. The van der Waals surface area contributed by atoms with Crippen LogP contribution in [0.15, 0.2) is 18.2 Å². The number of nitrogens with zero attached hydrogens (tertiary/aromatic N) is 1. The zero-order chi connectivity index (χ0) is 9.84. The van der Waals surface area contributed by atoms with Gasteiger partial charge in [-0.3, -0.25) is 0 Å². The van der Waals surface area contributed by atoms with Crippen molar-refractivity contribution in [1.82, 2.24) is 0 Å². The Morgan fingerprint density at radius 2 is 2.31 bits per heavy atom. The Balaban J connectivity index is 3.20. The second kappa shape index (κ2) is 4.23. The molecule has 0 aliphatic carbocycles. The van der Waals surface area contributed by atoms with E-state index in [4.69, 9.17) is 10.4 Å². The molecule has 0 radical (unpaired) electrons. The number of nitriles is 1. The number of benzene rings is 1. The summed E-state index contributed by atoms with van der Waals surface area (Å²) in [5.74, 6) is -0.954. The summed E-state index contributed by atoms with van der Waals surface area (Å²) in [6, 6.07) is 6.94. The number of aromatic carboxylic acids is 1. The highest BCUT2D eigenvalue weighted by Gasteiger charge is 2.10. The molecule has 0 unspecified atom stereocenters. The Labute approximate surface area is 89.1 Å². The minimum Gasteiger partial charge on any atom is -0.478 e. The second-order valence-electron chi connectivity index (χ2n) is 2.42. The molecular formula is C9H6INO2. The van der Waals surface area contributed by atoms with Crippen molar-refractivity contribution in [2.24, 2.45) is 0 Å². The molecule has 0 aliphatic rings. The highest BCUT2D eigenvalue weighted by atomic mass is 127. The first kappa shape index (κ1) is 9.99. The number of hydrogen-bond acceptors (Lipinski definition) is 2. The van der Waals surface area contributed by atoms with E-state index in [9.17, 15) is 4.79 Å². The molecule has 0 saturated carbocycles. The third kappa shape index (κ3) is 2.18. The lowest BCUT2D eigenvalue weighted by molar-refractivity contribution is 0.0695. The summed E-state index contributed by atoms with van der Waals surface area (Å²) in [7, 11) is 0. The number of rotatable bonds is 2. The predicted molar refractivity (Wildman–Crippen MR) is 55.4 cm³/mol. The summed E-state index contributed by atoms with van der Waals surface area (Å²) in [5, 5.41) is 17.2. The zero-order valence-electron chi connectivity index (χ0n) is 6.62. The van der Waals surface area contributed by atoms with Gasteiger partial charge in [0.05, 0.1) is 18.1 Å². The van der Waals surface area contributed by atoms with Crippen molar-refractivity contribution >= 4 is 28.6 Å². The lowest BCUT2D eigenvalue weighted by Crippen LogP contribution is -2.02. The predicted octanol–water partition coefficient (Wildman–Crippen LogP) is 2.06. The van der Waals surface area contributed by atoms with Crippen LogP contribution in [0.2, 0.25) is 0 Å². The Morgan fingerprint density at radius 3 is 2.85 bits per heavy atom. The van der Waals surface area contributed by atoms with E-state index < -0.39 is 5.97 Å². The number of hydrogen-bond donors (Lipinski definition) is 1. The van der Waals surface area contributed by atoms with E-state index in [2.05, 4.69) is 0 Å². The fourth-order valence-electron chi connectivity index (χ4n) is 0.967. The first-order valence-corrected chi connectivity index (χ1v) is 4.62. The Bertz CT molecular complexity index is 382. The van der Waals surface area contributed by atoms with Crippen molar-refractivity contribution < 1.29 is 9.90 Å². The van der Waals surface area contributed by atoms with Crippen LogP contribution in [0, 0.1) is 14.9 Å². The third-order valence-corrected chi connectivity index (χ3v) is 2.85. The van der Waals surface area contributed by atoms with Crippen molar-refractivity contribution in [3.63, 3.8) is 0 Å².